The lowest BCUT2D eigenvalue weighted by Gasteiger charge is -2.43. The highest BCUT2D eigenvalue weighted by atomic mass is 35.5. The topological polar surface area (TPSA) is 63.2 Å². The highest BCUT2D eigenvalue weighted by Crippen LogP contribution is 2.45. The second-order valence-electron chi connectivity index (χ2n) is 7.52. The van der Waals surface area contributed by atoms with E-state index in [4.69, 9.17) is 16.3 Å². The Bertz CT molecular complexity index is 1140. The van der Waals surface area contributed by atoms with Crippen molar-refractivity contribution < 1.29 is 13.5 Å². The average Bonchev–Trinajstić information content (AvgIpc) is 3.13. The number of rotatable bonds is 4. The minimum Gasteiger partial charge on any atom is -0.472 e. The van der Waals surface area contributed by atoms with E-state index in [0.29, 0.717) is 17.4 Å². The SMILES string of the molecule is C=Cc1ccc2nc(O[C@H]3CN4c5cc(Cl)nnc5NC[C@@]4(C(F)F)C3)ccc2c1. The van der Waals surface area contributed by atoms with Crippen LogP contribution < -0.4 is 15.0 Å². The van der Waals surface area contributed by atoms with E-state index in [1.165, 1.54) is 0 Å². The molecule has 1 N–H and O–H groups in total. The van der Waals surface area contributed by atoms with E-state index in [1.54, 1.807) is 23.1 Å². The van der Waals surface area contributed by atoms with E-state index in [2.05, 4.69) is 27.1 Å². The van der Waals surface area contributed by atoms with Crippen molar-refractivity contribution in [3.05, 3.63) is 53.7 Å². The largest absolute Gasteiger partial charge is 0.472 e. The number of benzene rings is 1. The number of nitrogens with zero attached hydrogens (tertiary/aromatic N) is 4. The number of nitrogens with one attached hydrogen (secondary N) is 1. The minimum atomic E-state index is -2.58. The Balaban J connectivity index is 1.44. The number of anilines is 2. The van der Waals surface area contributed by atoms with Gasteiger partial charge in [0, 0.05) is 30.5 Å². The first-order valence-corrected chi connectivity index (χ1v) is 9.89. The highest BCUT2D eigenvalue weighted by Gasteiger charge is 2.55. The molecule has 2 aromatic heterocycles. The maximum Gasteiger partial charge on any atom is 0.263 e. The van der Waals surface area contributed by atoms with Gasteiger partial charge in [-0.05, 0) is 23.8 Å². The number of hydrogen-bond donors (Lipinski definition) is 1. The van der Waals surface area contributed by atoms with Crippen LogP contribution in [0.4, 0.5) is 20.3 Å². The zero-order valence-corrected chi connectivity index (χ0v) is 16.6. The van der Waals surface area contributed by atoms with Gasteiger partial charge in [0.05, 0.1) is 17.7 Å². The number of hydrogen-bond acceptors (Lipinski definition) is 6. The quantitative estimate of drug-likeness (QED) is 0.663. The lowest BCUT2D eigenvalue weighted by Crippen LogP contribution is -2.57. The van der Waals surface area contributed by atoms with E-state index in [0.717, 1.165) is 16.5 Å². The summed E-state index contributed by atoms with van der Waals surface area (Å²) in [6, 6.07) is 11.0. The van der Waals surface area contributed by atoms with E-state index in [1.807, 2.05) is 24.3 Å². The van der Waals surface area contributed by atoms with Crippen LogP contribution in [-0.2, 0) is 0 Å². The molecule has 30 heavy (non-hydrogen) atoms. The molecule has 0 spiro atoms. The average molecular weight is 430 g/mol. The van der Waals surface area contributed by atoms with Gasteiger partial charge in [0.1, 0.15) is 11.6 Å². The summed E-state index contributed by atoms with van der Waals surface area (Å²) in [4.78, 5) is 6.18. The third-order valence-corrected chi connectivity index (χ3v) is 5.90. The van der Waals surface area contributed by atoms with Crippen LogP contribution in [0.5, 0.6) is 5.88 Å². The van der Waals surface area contributed by atoms with Crippen LogP contribution in [0.3, 0.4) is 0 Å². The Hall–Kier alpha value is -3.00. The summed E-state index contributed by atoms with van der Waals surface area (Å²) in [5.74, 6) is 0.848. The number of alkyl halides is 2. The molecule has 1 aromatic carbocycles. The molecular weight excluding hydrogens is 412 g/mol. The zero-order valence-electron chi connectivity index (χ0n) is 15.9. The molecule has 3 aromatic rings. The van der Waals surface area contributed by atoms with Gasteiger partial charge < -0.3 is 15.0 Å². The molecule has 2 aliphatic heterocycles. The summed E-state index contributed by atoms with van der Waals surface area (Å²) in [6.07, 6.45) is -1.13. The predicted octanol–water partition coefficient (Wildman–Crippen LogP) is 4.41. The zero-order chi connectivity index (χ0) is 20.9. The van der Waals surface area contributed by atoms with Gasteiger partial charge in [-0.2, -0.15) is 0 Å². The van der Waals surface area contributed by atoms with Gasteiger partial charge in [0.25, 0.3) is 6.43 Å². The molecule has 154 valence electrons. The normalized spacial score (nSPS) is 22.5. The lowest BCUT2D eigenvalue weighted by molar-refractivity contribution is 0.0529. The molecule has 0 saturated carbocycles. The molecule has 1 fully saturated rings. The molecule has 4 heterocycles. The van der Waals surface area contributed by atoms with Gasteiger partial charge in [-0.3, -0.25) is 0 Å². The van der Waals surface area contributed by atoms with E-state index < -0.39 is 18.1 Å². The van der Waals surface area contributed by atoms with Crippen LogP contribution in [0.25, 0.3) is 17.0 Å². The van der Waals surface area contributed by atoms with Crippen LogP contribution in [0.1, 0.15) is 12.0 Å². The van der Waals surface area contributed by atoms with E-state index in [9.17, 15) is 8.78 Å². The van der Waals surface area contributed by atoms with E-state index >= 15 is 0 Å². The van der Waals surface area contributed by atoms with Crippen molar-refractivity contribution in [1.82, 2.24) is 15.2 Å². The van der Waals surface area contributed by atoms with Crippen LogP contribution >= 0.6 is 11.6 Å². The predicted molar refractivity (Wildman–Crippen MR) is 112 cm³/mol. The number of ether oxygens (including phenoxy) is 1. The first kappa shape index (κ1) is 19.0. The molecule has 9 heteroatoms. The van der Waals surface area contributed by atoms with Gasteiger partial charge in [-0.15, -0.1) is 10.2 Å². The summed E-state index contributed by atoms with van der Waals surface area (Å²) in [5.41, 5.74) is 0.875. The summed E-state index contributed by atoms with van der Waals surface area (Å²) < 4.78 is 34.5. The molecule has 2 aliphatic rings. The Morgan fingerprint density at radius 1 is 1.27 bits per heavy atom. The fraction of sp³-hybridized carbons (Fsp3) is 0.286. The summed E-state index contributed by atoms with van der Waals surface area (Å²) in [5, 5.41) is 11.9. The van der Waals surface area contributed by atoms with Crippen molar-refractivity contribution >= 4 is 40.1 Å². The monoisotopic (exact) mass is 429 g/mol. The first-order chi connectivity index (χ1) is 14.5. The molecule has 1 saturated heterocycles. The Kier molecular flexibility index (Phi) is 4.47. The molecule has 2 atom stereocenters. The number of pyridine rings is 1. The summed E-state index contributed by atoms with van der Waals surface area (Å²) in [6.45, 7) is 4.09. The molecule has 0 radical (unpaired) electrons. The fourth-order valence-electron chi connectivity index (χ4n) is 4.24. The Labute approximate surface area is 176 Å². The smallest absolute Gasteiger partial charge is 0.263 e. The molecule has 0 bridgehead atoms. The maximum atomic E-state index is 14.2. The highest BCUT2D eigenvalue weighted by molar-refractivity contribution is 6.29. The van der Waals surface area contributed by atoms with Gasteiger partial charge in [-0.1, -0.05) is 30.3 Å². The standard InChI is InChI=1S/C21H18ClF2N5O/c1-2-12-3-5-15-13(7-12)4-6-18(26-15)30-14-9-21(20(23)24)11-25-19-16(29(21)10-14)8-17(22)27-28-19/h2-8,14,20H,1,9-11H2,(H,25,28)/t14-,21-/m1/s1. The van der Waals surface area contributed by atoms with Crippen LogP contribution in [0.2, 0.25) is 5.15 Å². The van der Waals surface area contributed by atoms with Crippen molar-refractivity contribution in [3.8, 4) is 5.88 Å². The van der Waals surface area contributed by atoms with Crippen LogP contribution in [0, 0.1) is 0 Å². The Morgan fingerprint density at radius 3 is 2.93 bits per heavy atom. The maximum absolute atomic E-state index is 14.2. The Morgan fingerprint density at radius 2 is 2.13 bits per heavy atom. The molecule has 0 aliphatic carbocycles. The van der Waals surface area contributed by atoms with Gasteiger partial charge >= 0.3 is 0 Å². The second-order valence-corrected chi connectivity index (χ2v) is 7.91. The van der Waals surface area contributed by atoms with Crippen molar-refractivity contribution in [2.45, 2.75) is 24.5 Å². The summed E-state index contributed by atoms with van der Waals surface area (Å²) in [7, 11) is 0. The number of halogens is 3. The summed E-state index contributed by atoms with van der Waals surface area (Å²) >= 11 is 5.97. The van der Waals surface area contributed by atoms with E-state index in [-0.39, 0.29) is 24.7 Å². The lowest BCUT2D eigenvalue weighted by atomic mass is 9.93. The molecule has 0 amide bonds. The van der Waals surface area contributed by atoms with Crippen LogP contribution in [-0.4, -0.2) is 46.3 Å². The van der Waals surface area contributed by atoms with Gasteiger partial charge in [0.2, 0.25) is 5.88 Å². The third kappa shape index (κ3) is 3.02. The van der Waals surface area contributed by atoms with Crippen molar-refractivity contribution in [2.75, 3.05) is 23.3 Å². The minimum absolute atomic E-state index is 0.0450. The molecule has 0 unspecified atom stereocenters. The molecule has 5 rings (SSSR count). The number of fused-ring (bicyclic) bond motifs is 4. The fourth-order valence-corrected chi connectivity index (χ4v) is 4.38. The molecule has 6 nitrogen and oxygen atoms in total. The van der Waals surface area contributed by atoms with Gasteiger partial charge in [0.15, 0.2) is 11.0 Å². The van der Waals surface area contributed by atoms with Crippen molar-refractivity contribution in [1.29, 1.82) is 0 Å². The van der Waals surface area contributed by atoms with Crippen molar-refractivity contribution in [2.24, 2.45) is 0 Å². The van der Waals surface area contributed by atoms with Gasteiger partial charge in [-0.25, -0.2) is 13.8 Å². The first-order valence-electron chi connectivity index (χ1n) is 9.51. The molecular formula is C21H18ClF2N5O. The second kappa shape index (κ2) is 7.05. The number of aromatic nitrogens is 3. The third-order valence-electron chi connectivity index (χ3n) is 5.72. The van der Waals surface area contributed by atoms with Crippen molar-refractivity contribution in [3.63, 3.8) is 0 Å². The van der Waals surface area contributed by atoms with Crippen LogP contribution in [0.15, 0.2) is 43.0 Å².